The minimum Gasteiger partial charge on any atom is -0.550 e. The van der Waals surface area contributed by atoms with Crippen molar-refractivity contribution in [3.05, 3.63) is 12.2 Å². The second kappa shape index (κ2) is 25.6. The van der Waals surface area contributed by atoms with Crippen LogP contribution in [0, 0.1) is 17.8 Å². The van der Waals surface area contributed by atoms with Crippen LogP contribution >= 0.6 is 0 Å². The largest absolute Gasteiger partial charge is 0.550 e. The molecule has 0 spiro atoms. The number of unbranched alkanes of at least 4 members (excludes halogenated alkanes) is 17. The number of carbonyl (C=O) groups is 3. The number of quaternary nitrogens is 1. The van der Waals surface area contributed by atoms with Gasteiger partial charge >= 0.3 is 11.9 Å². The summed E-state index contributed by atoms with van der Waals surface area (Å²) in [4.78, 5) is 34.8. The Morgan fingerprint density at radius 1 is 0.571 bits per heavy atom. The Labute approximate surface area is 257 Å². The molecule has 0 heterocycles. The molecule has 3 unspecified atom stereocenters. The van der Waals surface area contributed by atoms with E-state index >= 15 is 0 Å². The normalized spacial score (nSPS) is 15.3. The Morgan fingerprint density at radius 2 is 0.905 bits per heavy atom. The van der Waals surface area contributed by atoms with Gasteiger partial charge in [-0.05, 0) is 52.4 Å². The van der Waals surface area contributed by atoms with Crippen molar-refractivity contribution in [2.45, 2.75) is 150 Å². The van der Waals surface area contributed by atoms with Crippen molar-refractivity contribution in [2.24, 2.45) is 17.8 Å². The fourth-order valence-electron chi connectivity index (χ4n) is 6.05. The van der Waals surface area contributed by atoms with Crippen LogP contribution in [0.1, 0.15) is 150 Å². The summed E-state index contributed by atoms with van der Waals surface area (Å²) in [6.07, 6.45) is 28.4. The zero-order valence-electron chi connectivity index (χ0n) is 27.6. The minimum atomic E-state index is -1.18. The van der Waals surface area contributed by atoms with Gasteiger partial charge in [-0.25, -0.2) is 0 Å². The molecule has 0 aromatic carbocycles. The van der Waals surface area contributed by atoms with E-state index in [0.29, 0.717) is 6.54 Å². The van der Waals surface area contributed by atoms with Crippen LogP contribution in [0.2, 0.25) is 0 Å². The lowest BCUT2D eigenvalue weighted by Crippen LogP contribution is -2.58. The van der Waals surface area contributed by atoms with E-state index in [1.165, 1.54) is 96.3 Å². The zero-order chi connectivity index (χ0) is 31.6. The predicted octanol–water partition coefficient (Wildman–Crippen LogP) is 7.62. The van der Waals surface area contributed by atoms with Crippen LogP contribution < -0.4 is 5.11 Å². The molecule has 0 aliphatic rings. The number of rotatable bonds is 30. The third-order valence-electron chi connectivity index (χ3n) is 8.62. The van der Waals surface area contributed by atoms with Crippen molar-refractivity contribution in [3.8, 4) is 0 Å². The first-order valence-electron chi connectivity index (χ1n) is 17.2. The Kier molecular flexibility index (Phi) is 24.4. The van der Waals surface area contributed by atoms with Crippen molar-refractivity contribution in [2.75, 3.05) is 26.2 Å². The second-order valence-electron chi connectivity index (χ2n) is 13.0. The molecule has 2 N–H and O–H groups in total. The lowest BCUT2D eigenvalue weighted by Gasteiger charge is -2.43. The fourth-order valence-corrected chi connectivity index (χ4v) is 6.05. The molecule has 0 saturated heterocycles. The smallest absolute Gasteiger partial charge is 0.311 e. The number of carbonyl (C=O) groups excluding carboxylic acids is 1. The molecule has 0 fully saturated rings. The lowest BCUT2D eigenvalue weighted by atomic mass is 10.00. The van der Waals surface area contributed by atoms with Gasteiger partial charge in [-0.2, -0.15) is 0 Å². The molecule has 7 nitrogen and oxygen atoms in total. The number of hydrogen-bond acceptors (Lipinski definition) is 4. The number of aliphatic carboxylic acids is 3. The third-order valence-corrected chi connectivity index (χ3v) is 8.62. The predicted molar refractivity (Wildman–Crippen MR) is 170 cm³/mol. The standard InChI is InChI=1S/C35H65NO6/c1-5-6-7-8-9-10-11-12-13-14-15-16-17-18-19-20-21-22-23-24-25-26-36(27-30(2)33(37)38,28-31(3)34(39)40)29-32(4)35(41)42/h11-12,30-32H,5-10,13-29H2,1-4H3,(H2-,37,38,39,40,41,42)/b12-11+. The Bertz CT molecular complexity index is 682. The van der Waals surface area contributed by atoms with Crippen molar-refractivity contribution in [1.82, 2.24) is 0 Å². The van der Waals surface area contributed by atoms with E-state index in [9.17, 15) is 29.7 Å². The molecule has 42 heavy (non-hydrogen) atoms. The molecule has 0 bridgehead atoms. The van der Waals surface area contributed by atoms with Gasteiger partial charge in [-0.3, -0.25) is 9.59 Å². The highest BCUT2D eigenvalue weighted by Gasteiger charge is 2.36. The van der Waals surface area contributed by atoms with Gasteiger partial charge < -0.3 is 24.6 Å². The van der Waals surface area contributed by atoms with E-state index in [4.69, 9.17) is 0 Å². The summed E-state index contributed by atoms with van der Waals surface area (Å²) in [7, 11) is 0. The van der Waals surface area contributed by atoms with Crippen molar-refractivity contribution < 1.29 is 34.2 Å². The Balaban J connectivity index is 4.19. The SMILES string of the molecule is CCCCCCC/C=C/CCCCCCCCCCCCCC[N+](CC(C)C(=O)[O-])(CC(C)C(=O)O)CC(C)C(=O)O. The van der Waals surface area contributed by atoms with Crippen LogP contribution in [-0.4, -0.2) is 58.8 Å². The van der Waals surface area contributed by atoms with Gasteiger partial charge in [-0.1, -0.05) is 109 Å². The molecule has 246 valence electrons. The van der Waals surface area contributed by atoms with Gasteiger partial charge in [0.1, 0.15) is 11.8 Å². The first-order valence-corrected chi connectivity index (χ1v) is 17.2. The summed E-state index contributed by atoms with van der Waals surface area (Å²) in [6, 6.07) is 0. The fraction of sp³-hybridized carbons (Fsp3) is 0.857. The molecular weight excluding hydrogens is 530 g/mol. The van der Waals surface area contributed by atoms with Gasteiger partial charge in [-0.15, -0.1) is 0 Å². The third kappa shape index (κ3) is 21.8. The number of allylic oxidation sites excluding steroid dienone is 2. The molecule has 0 amide bonds. The average Bonchev–Trinajstić information content (AvgIpc) is 2.93. The maximum atomic E-state index is 11.6. The highest BCUT2D eigenvalue weighted by atomic mass is 16.4. The average molecular weight is 596 g/mol. The van der Waals surface area contributed by atoms with E-state index in [1.54, 1.807) is 20.8 Å². The highest BCUT2D eigenvalue weighted by Crippen LogP contribution is 2.22. The summed E-state index contributed by atoms with van der Waals surface area (Å²) < 4.78 is 0.186. The number of hydrogen-bond donors (Lipinski definition) is 2. The van der Waals surface area contributed by atoms with E-state index in [1.807, 2.05) is 0 Å². The molecule has 0 radical (unpaired) electrons. The first-order chi connectivity index (χ1) is 20.0. The van der Waals surface area contributed by atoms with Crippen LogP contribution in [0.25, 0.3) is 0 Å². The van der Waals surface area contributed by atoms with Crippen LogP contribution in [0.15, 0.2) is 12.2 Å². The maximum absolute atomic E-state index is 11.6. The van der Waals surface area contributed by atoms with Gasteiger partial charge in [0.05, 0.1) is 26.2 Å². The summed E-state index contributed by atoms with van der Waals surface area (Å²) >= 11 is 0. The Morgan fingerprint density at radius 3 is 1.26 bits per heavy atom. The van der Waals surface area contributed by atoms with E-state index in [0.717, 1.165) is 25.7 Å². The molecule has 0 aliphatic heterocycles. The van der Waals surface area contributed by atoms with Gasteiger partial charge in [0.25, 0.3) is 0 Å². The van der Waals surface area contributed by atoms with Crippen molar-refractivity contribution in [3.63, 3.8) is 0 Å². The molecule has 0 saturated carbocycles. The molecule has 0 aromatic rings. The lowest BCUT2D eigenvalue weighted by molar-refractivity contribution is -0.934. The van der Waals surface area contributed by atoms with Gasteiger partial charge in [0.2, 0.25) is 0 Å². The van der Waals surface area contributed by atoms with Crippen LogP contribution in [0.5, 0.6) is 0 Å². The minimum absolute atomic E-state index is 0.186. The number of carboxylic acids is 3. The van der Waals surface area contributed by atoms with E-state index < -0.39 is 35.7 Å². The first kappa shape index (κ1) is 40.1. The van der Waals surface area contributed by atoms with Crippen LogP contribution in [0.3, 0.4) is 0 Å². The summed E-state index contributed by atoms with van der Waals surface area (Å²) in [5.74, 6) is -5.23. The molecule has 0 aromatic heterocycles. The highest BCUT2D eigenvalue weighted by molar-refractivity contribution is 5.70. The number of carboxylic acid groups (broad SMARTS) is 3. The van der Waals surface area contributed by atoms with E-state index in [2.05, 4.69) is 19.1 Å². The van der Waals surface area contributed by atoms with Crippen molar-refractivity contribution >= 4 is 17.9 Å². The number of nitrogens with zero attached hydrogens (tertiary/aromatic N) is 1. The van der Waals surface area contributed by atoms with Crippen molar-refractivity contribution in [1.29, 1.82) is 0 Å². The molecular formula is C35H65NO6. The van der Waals surface area contributed by atoms with Gasteiger partial charge in [0, 0.05) is 11.9 Å². The second-order valence-corrected chi connectivity index (χ2v) is 13.0. The maximum Gasteiger partial charge on any atom is 0.311 e. The Hall–Kier alpha value is -1.89. The summed E-state index contributed by atoms with van der Waals surface area (Å²) in [5, 5.41) is 30.6. The molecule has 7 heteroatoms. The summed E-state index contributed by atoms with van der Waals surface area (Å²) in [6.45, 7) is 8.26. The molecule has 3 atom stereocenters. The topological polar surface area (TPSA) is 115 Å². The zero-order valence-corrected chi connectivity index (χ0v) is 27.6. The van der Waals surface area contributed by atoms with Crippen LogP contribution in [0.4, 0.5) is 0 Å². The van der Waals surface area contributed by atoms with Gasteiger partial charge in [0.15, 0.2) is 0 Å². The monoisotopic (exact) mass is 595 g/mol. The molecule has 0 rings (SSSR count). The molecule has 0 aliphatic carbocycles. The van der Waals surface area contributed by atoms with Crippen LogP contribution in [-0.2, 0) is 14.4 Å². The van der Waals surface area contributed by atoms with E-state index in [-0.39, 0.29) is 24.1 Å². The quantitative estimate of drug-likeness (QED) is 0.0501. The summed E-state index contributed by atoms with van der Waals surface area (Å²) in [5.41, 5.74) is 0.